The summed E-state index contributed by atoms with van der Waals surface area (Å²) in [7, 11) is 0. The molecule has 0 saturated carbocycles. The molecule has 0 fully saturated rings. The first-order chi connectivity index (χ1) is 17.1. The predicted molar refractivity (Wildman–Crippen MR) is 134 cm³/mol. The number of ether oxygens (including phenoxy) is 2. The molecule has 8 nitrogen and oxygen atoms in total. The van der Waals surface area contributed by atoms with Crippen molar-refractivity contribution in [2.75, 3.05) is 5.32 Å². The third-order valence-corrected chi connectivity index (χ3v) is 5.22. The number of aromatic nitrogens is 1. The van der Waals surface area contributed by atoms with Crippen LogP contribution in [-0.2, 0) is 17.8 Å². The van der Waals surface area contributed by atoms with E-state index in [4.69, 9.17) is 14.7 Å². The second kappa shape index (κ2) is 11.2. The van der Waals surface area contributed by atoms with Gasteiger partial charge in [0.2, 0.25) is 0 Å². The standard InChI is InChI=1S/C28H26N4O4/c1-18-23(11-22-12-24(9-8-21(22)14-30)32-27(34)36-28(2,3)4)15-31-25(16-33)26(18)35-17-20-7-5-6-19(10-20)13-29/h5-10,12,15-16H,11,17H2,1-4H3,(H,32,34). The molecule has 0 atom stereocenters. The summed E-state index contributed by atoms with van der Waals surface area (Å²) in [4.78, 5) is 28.1. The molecule has 0 aliphatic carbocycles. The highest BCUT2D eigenvalue weighted by atomic mass is 16.6. The Hall–Kier alpha value is -4.69. The molecule has 0 aliphatic rings. The maximum Gasteiger partial charge on any atom is 0.412 e. The Balaban J connectivity index is 1.87. The average Bonchev–Trinajstić information content (AvgIpc) is 2.83. The second-order valence-electron chi connectivity index (χ2n) is 9.13. The summed E-state index contributed by atoms with van der Waals surface area (Å²) in [5, 5.41) is 21.4. The number of pyridine rings is 1. The van der Waals surface area contributed by atoms with E-state index in [1.165, 1.54) is 0 Å². The van der Waals surface area contributed by atoms with Gasteiger partial charge in [0.05, 0.1) is 23.3 Å². The van der Waals surface area contributed by atoms with Crippen LogP contribution in [0.4, 0.5) is 10.5 Å². The summed E-state index contributed by atoms with van der Waals surface area (Å²) in [6, 6.07) is 16.2. The lowest BCUT2D eigenvalue weighted by atomic mass is 9.97. The van der Waals surface area contributed by atoms with Gasteiger partial charge < -0.3 is 9.47 Å². The van der Waals surface area contributed by atoms with Crippen LogP contribution in [0.25, 0.3) is 0 Å². The van der Waals surface area contributed by atoms with E-state index in [1.54, 1.807) is 63.4 Å². The largest absolute Gasteiger partial charge is 0.486 e. The third-order valence-electron chi connectivity index (χ3n) is 5.22. The number of hydrogen-bond acceptors (Lipinski definition) is 7. The first-order valence-corrected chi connectivity index (χ1v) is 11.2. The van der Waals surface area contributed by atoms with E-state index in [2.05, 4.69) is 22.4 Å². The summed E-state index contributed by atoms with van der Waals surface area (Å²) < 4.78 is 11.3. The van der Waals surface area contributed by atoms with Crippen molar-refractivity contribution in [3.8, 4) is 17.9 Å². The van der Waals surface area contributed by atoms with Crippen LogP contribution < -0.4 is 10.1 Å². The minimum atomic E-state index is -0.644. The average molecular weight is 483 g/mol. The van der Waals surface area contributed by atoms with Crippen LogP contribution in [0.2, 0.25) is 0 Å². The Morgan fingerprint density at radius 2 is 1.89 bits per heavy atom. The summed E-state index contributed by atoms with van der Waals surface area (Å²) in [6.07, 6.45) is 1.94. The van der Waals surface area contributed by atoms with E-state index >= 15 is 0 Å². The van der Waals surface area contributed by atoms with Gasteiger partial charge in [-0.3, -0.25) is 10.1 Å². The molecule has 2 aromatic carbocycles. The fraction of sp³-hybridized carbons (Fsp3) is 0.250. The zero-order valence-corrected chi connectivity index (χ0v) is 20.6. The highest BCUT2D eigenvalue weighted by Gasteiger charge is 2.18. The van der Waals surface area contributed by atoms with E-state index in [-0.39, 0.29) is 12.3 Å². The number of rotatable bonds is 7. The fourth-order valence-corrected chi connectivity index (χ4v) is 3.52. The molecule has 1 aromatic heterocycles. The Labute approximate surface area is 210 Å². The van der Waals surface area contributed by atoms with Crippen LogP contribution in [0.5, 0.6) is 5.75 Å². The van der Waals surface area contributed by atoms with Crippen molar-refractivity contribution in [3.63, 3.8) is 0 Å². The van der Waals surface area contributed by atoms with Gasteiger partial charge in [0.15, 0.2) is 12.0 Å². The van der Waals surface area contributed by atoms with Crippen molar-refractivity contribution in [1.82, 2.24) is 4.98 Å². The number of amides is 1. The molecule has 0 spiro atoms. The molecule has 3 rings (SSSR count). The first kappa shape index (κ1) is 25.9. The van der Waals surface area contributed by atoms with E-state index in [9.17, 15) is 14.9 Å². The molecule has 0 unspecified atom stereocenters. The number of aldehydes is 1. The number of benzene rings is 2. The van der Waals surface area contributed by atoms with E-state index in [1.807, 2.05) is 13.0 Å². The summed E-state index contributed by atoms with van der Waals surface area (Å²) in [6.45, 7) is 7.29. The monoisotopic (exact) mass is 482 g/mol. The van der Waals surface area contributed by atoms with Crippen LogP contribution in [0.15, 0.2) is 48.7 Å². The first-order valence-electron chi connectivity index (χ1n) is 11.2. The summed E-state index contributed by atoms with van der Waals surface area (Å²) >= 11 is 0. The van der Waals surface area contributed by atoms with Gasteiger partial charge in [0.25, 0.3) is 0 Å². The lowest BCUT2D eigenvalue weighted by molar-refractivity contribution is 0.0635. The zero-order chi connectivity index (χ0) is 26.3. The molecule has 1 N–H and O–H groups in total. The number of hydrogen-bond donors (Lipinski definition) is 1. The van der Waals surface area contributed by atoms with Crippen LogP contribution in [0.3, 0.4) is 0 Å². The maximum absolute atomic E-state index is 12.2. The number of nitrogens with zero attached hydrogens (tertiary/aromatic N) is 3. The fourth-order valence-electron chi connectivity index (χ4n) is 3.52. The van der Waals surface area contributed by atoms with Gasteiger partial charge in [0, 0.05) is 18.3 Å². The van der Waals surface area contributed by atoms with Crippen LogP contribution >= 0.6 is 0 Å². The molecule has 1 heterocycles. The normalized spacial score (nSPS) is 10.6. The molecule has 182 valence electrons. The van der Waals surface area contributed by atoms with Gasteiger partial charge in [-0.05, 0) is 80.3 Å². The Morgan fingerprint density at radius 1 is 1.11 bits per heavy atom. The molecule has 8 heteroatoms. The quantitative estimate of drug-likeness (QED) is 0.443. The molecule has 0 radical (unpaired) electrons. The van der Waals surface area contributed by atoms with E-state index in [0.717, 1.165) is 11.1 Å². The molecule has 3 aromatic rings. The number of nitrogens with one attached hydrogen (secondary N) is 1. The van der Waals surface area contributed by atoms with Gasteiger partial charge >= 0.3 is 6.09 Å². The van der Waals surface area contributed by atoms with Gasteiger partial charge in [-0.25, -0.2) is 9.78 Å². The Kier molecular flexibility index (Phi) is 8.03. The highest BCUT2D eigenvalue weighted by Crippen LogP contribution is 2.28. The summed E-state index contributed by atoms with van der Waals surface area (Å²) in [5.74, 6) is 0.339. The topological polar surface area (TPSA) is 125 Å². The molecular weight excluding hydrogens is 456 g/mol. The number of carbonyl (C=O) groups is 2. The Bertz CT molecular complexity index is 1380. The van der Waals surface area contributed by atoms with E-state index in [0.29, 0.717) is 46.4 Å². The third kappa shape index (κ3) is 6.68. The van der Waals surface area contributed by atoms with Gasteiger partial charge in [0.1, 0.15) is 17.9 Å². The lowest BCUT2D eigenvalue weighted by Crippen LogP contribution is -2.27. The van der Waals surface area contributed by atoms with Crippen molar-refractivity contribution in [2.24, 2.45) is 0 Å². The smallest absolute Gasteiger partial charge is 0.412 e. The zero-order valence-electron chi connectivity index (χ0n) is 20.6. The highest BCUT2D eigenvalue weighted by molar-refractivity contribution is 5.85. The molecule has 0 bridgehead atoms. The SMILES string of the molecule is Cc1c(Cc2cc(NC(=O)OC(C)(C)C)ccc2C#N)cnc(C=O)c1OCc1cccc(C#N)c1. The van der Waals surface area contributed by atoms with Crippen molar-refractivity contribution < 1.29 is 19.1 Å². The number of nitriles is 2. The van der Waals surface area contributed by atoms with Crippen LogP contribution in [-0.4, -0.2) is 23.0 Å². The van der Waals surface area contributed by atoms with E-state index < -0.39 is 11.7 Å². The second-order valence-corrected chi connectivity index (χ2v) is 9.13. The van der Waals surface area contributed by atoms with Crippen molar-refractivity contribution >= 4 is 18.1 Å². The molecule has 0 saturated heterocycles. The van der Waals surface area contributed by atoms with Gasteiger partial charge in [-0.2, -0.15) is 10.5 Å². The van der Waals surface area contributed by atoms with Crippen molar-refractivity contribution in [1.29, 1.82) is 10.5 Å². The van der Waals surface area contributed by atoms with Crippen molar-refractivity contribution in [2.45, 2.75) is 46.3 Å². The van der Waals surface area contributed by atoms with Crippen molar-refractivity contribution in [3.05, 3.63) is 87.7 Å². The maximum atomic E-state index is 12.2. The van der Waals surface area contributed by atoms with Gasteiger partial charge in [-0.1, -0.05) is 12.1 Å². The molecule has 1 amide bonds. The molecule has 36 heavy (non-hydrogen) atoms. The lowest BCUT2D eigenvalue weighted by Gasteiger charge is -2.20. The molecule has 0 aliphatic heterocycles. The minimum absolute atomic E-state index is 0.154. The number of anilines is 1. The summed E-state index contributed by atoms with van der Waals surface area (Å²) in [5.41, 5.74) is 3.88. The van der Waals surface area contributed by atoms with Crippen LogP contribution in [0.1, 0.15) is 64.6 Å². The Morgan fingerprint density at radius 3 is 2.56 bits per heavy atom. The van der Waals surface area contributed by atoms with Crippen LogP contribution in [0, 0.1) is 29.6 Å². The minimum Gasteiger partial charge on any atom is -0.486 e. The number of carbonyl (C=O) groups excluding carboxylic acids is 2. The predicted octanol–water partition coefficient (Wildman–Crippen LogP) is 5.46. The molecular formula is C28H26N4O4. The van der Waals surface area contributed by atoms with Gasteiger partial charge in [-0.15, -0.1) is 0 Å².